The van der Waals surface area contributed by atoms with Crippen LogP contribution in [0.3, 0.4) is 0 Å². The van der Waals surface area contributed by atoms with Crippen molar-refractivity contribution in [1.29, 1.82) is 0 Å². The molecule has 0 saturated carbocycles. The van der Waals surface area contributed by atoms with E-state index < -0.39 is 0 Å². The number of unbranched alkanes of at least 4 members (excludes halogenated alkanes) is 36. The van der Waals surface area contributed by atoms with Gasteiger partial charge in [0.1, 0.15) is 0 Å². The first-order valence-corrected chi connectivity index (χ1v) is 21.0. The second-order valence-corrected chi connectivity index (χ2v) is 14.3. The molecule has 0 saturated heterocycles. The molecule has 0 aliphatic carbocycles. The first kappa shape index (κ1) is 43.0. The normalized spacial score (nSPS) is 11.6. The van der Waals surface area contributed by atoms with Crippen molar-refractivity contribution in [3.63, 3.8) is 0 Å². The zero-order chi connectivity index (χ0) is 31.0. The third-order valence-corrected chi connectivity index (χ3v) is 9.78. The Kier molecular flexibility index (Phi) is 41.9. The fraction of sp³-hybridized carbons (Fsp3) is 1.00. The number of rotatable bonds is 40. The minimum atomic E-state index is 0.997. The fourth-order valence-electron chi connectivity index (χ4n) is 6.67. The van der Waals surface area contributed by atoms with Crippen molar-refractivity contribution in [2.75, 3.05) is 13.2 Å². The number of hydrogen-bond donors (Lipinski definition) is 0. The molecule has 0 rings (SSSR count). The van der Waals surface area contributed by atoms with Crippen molar-refractivity contribution >= 4 is 0 Å². The Bertz CT molecular complexity index is 406. The summed E-state index contributed by atoms with van der Waals surface area (Å²) < 4.78 is 5.88. The minimum Gasteiger partial charge on any atom is -0.381 e. The smallest absolute Gasteiger partial charge is 0.0466 e. The first-order chi connectivity index (χ1) is 21.4. The van der Waals surface area contributed by atoms with Gasteiger partial charge in [0, 0.05) is 13.2 Å². The third-order valence-electron chi connectivity index (χ3n) is 9.78. The maximum atomic E-state index is 5.88. The zero-order valence-corrected chi connectivity index (χ0v) is 30.7. The average Bonchev–Trinajstić information content (AvgIpc) is 3.02. The first-order valence-electron chi connectivity index (χ1n) is 21.0. The van der Waals surface area contributed by atoms with Crippen LogP contribution in [0.1, 0.15) is 258 Å². The molecule has 43 heavy (non-hydrogen) atoms. The molecule has 0 aliphatic heterocycles. The molecule has 0 fully saturated rings. The van der Waals surface area contributed by atoms with E-state index in [0.29, 0.717) is 0 Å². The quantitative estimate of drug-likeness (QED) is 0.0630. The molecule has 0 heterocycles. The summed E-state index contributed by atoms with van der Waals surface area (Å²) in [6.45, 7) is 6.60. The van der Waals surface area contributed by atoms with Gasteiger partial charge in [-0.15, -0.1) is 0 Å². The minimum absolute atomic E-state index is 0.997. The average molecular weight is 607 g/mol. The molecule has 0 N–H and O–H groups in total. The van der Waals surface area contributed by atoms with Crippen LogP contribution in [0, 0.1) is 0 Å². The van der Waals surface area contributed by atoms with E-state index in [9.17, 15) is 0 Å². The molecule has 0 aromatic heterocycles. The highest BCUT2D eigenvalue weighted by atomic mass is 16.5. The summed E-state index contributed by atoms with van der Waals surface area (Å²) in [5.41, 5.74) is 0. The van der Waals surface area contributed by atoms with Crippen LogP contribution in [0.2, 0.25) is 0 Å². The lowest BCUT2D eigenvalue weighted by Gasteiger charge is -2.06. The van der Waals surface area contributed by atoms with Gasteiger partial charge in [-0.25, -0.2) is 0 Å². The van der Waals surface area contributed by atoms with Crippen LogP contribution in [0.5, 0.6) is 0 Å². The molecule has 0 unspecified atom stereocenters. The second-order valence-electron chi connectivity index (χ2n) is 14.3. The van der Waals surface area contributed by atoms with E-state index in [1.807, 2.05) is 0 Å². The van der Waals surface area contributed by atoms with Gasteiger partial charge in [-0.1, -0.05) is 245 Å². The largest absolute Gasteiger partial charge is 0.381 e. The van der Waals surface area contributed by atoms with Crippen molar-refractivity contribution in [1.82, 2.24) is 0 Å². The summed E-state index contributed by atoms with van der Waals surface area (Å²) >= 11 is 0. The van der Waals surface area contributed by atoms with Gasteiger partial charge in [0.25, 0.3) is 0 Å². The van der Waals surface area contributed by atoms with Crippen molar-refractivity contribution in [3.05, 3.63) is 0 Å². The molecule has 260 valence electrons. The second kappa shape index (κ2) is 42.0. The molecule has 0 aromatic carbocycles. The SMILES string of the molecule is CCCCCCCCCCCCCCCCCCCCCCCCCCCCOCCCCCCCCCCCCCC. The molecule has 0 atom stereocenters. The maximum Gasteiger partial charge on any atom is 0.0466 e. The Morgan fingerprint density at radius 2 is 0.326 bits per heavy atom. The summed E-state index contributed by atoms with van der Waals surface area (Å²) in [6, 6.07) is 0. The topological polar surface area (TPSA) is 9.23 Å². The highest BCUT2D eigenvalue weighted by molar-refractivity contribution is 4.53. The number of ether oxygens (including phenoxy) is 1. The van der Waals surface area contributed by atoms with Gasteiger partial charge in [-0.05, 0) is 12.8 Å². The Balaban J connectivity index is 3.02. The van der Waals surface area contributed by atoms with Gasteiger partial charge in [0.2, 0.25) is 0 Å². The Labute approximate surface area is 275 Å². The van der Waals surface area contributed by atoms with Crippen LogP contribution >= 0.6 is 0 Å². The molecule has 0 bridgehead atoms. The molecule has 1 nitrogen and oxygen atoms in total. The summed E-state index contributed by atoms with van der Waals surface area (Å²) in [4.78, 5) is 0. The lowest BCUT2D eigenvalue weighted by atomic mass is 10.0. The molecule has 0 aromatic rings. The van der Waals surface area contributed by atoms with Gasteiger partial charge < -0.3 is 4.74 Å². The van der Waals surface area contributed by atoms with E-state index in [-0.39, 0.29) is 0 Å². The van der Waals surface area contributed by atoms with E-state index in [0.717, 1.165) is 13.2 Å². The lowest BCUT2D eigenvalue weighted by Crippen LogP contribution is -1.97. The molecule has 1 heteroatoms. The highest BCUT2D eigenvalue weighted by Crippen LogP contribution is 2.16. The van der Waals surface area contributed by atoms with E-state index in [2.05, 4.69) is 13.8 Å². The Hall–Kier alpha value is -0.0400. The van der Waals surface area contributed by atoms with E-state index in [1.165, 1.54) is 244 Å². The van der Waals surface area contributed by atoms with Gasteiger partial charge >= 0.3 is 0 Å². The predicted octanol–water partition coefficient (Wildman–Crippen LogP) is 15.9. The van der Waals surface area contributed by atoms with E-state index in [4.69, 9.17) is 4.74 Å². The van der Waals surface area contributed by atoms with Gasteiger partial charge in [0.05, 0.1) is 0 Å². The van der Waals surface area contributed by atoms with Crippen molar-refractivity contribution < 1.29 is 4.74 Å². The third kappa shape index (κ3) is 42.0. The fourth-order valence-corrected chi connectivity index (χ4v) is 6.67. The standard InChI is InChI=1S/C42H86O/c1-3-5-7-9-11-13-15-17-18-19-20-21-22-23-24-25-26-27-28-29-30-32-34-36-38-40-42-43-41-39-37-35-33-31-16-14-12-10-8-6-4-2/h3-42H2,1-2H3. The van der Waals surface area contributed by atoms with Crippen molar-refractivity contribution in [2.45, 2.75) is 258 Å². The lowest BCUT2D eigenvalue weighted by molar-refractivity contribution is 0.125. The van der Waals surface area contributed by atoms with Gasteiger partial charge in [-0.3, -0.25) is 0 Å². The van der Waals surface area contributed by atoms with Crippen LogP contribution < -0.4 is 0 Å². The molecule has 0 amide bonds. The van der Waals surface area contributed by atoms with Crippen LogP contribution in [-0.2, 0) is 4.74 Å². The summed E-state index contributed by atoms with van der Waals surface area (Å²) in [5.74, 6) is 0. The predicted molar refractivity (Wildman–Crippen MR) is 198 cm³/mol. The monoisotopic (exact) mass is 607 g/mol. The molecule has 0 aliphatic rings. The molecular weight excluding hydrogens is 520 g/mol. The summed E-state index contributed by atoms with van der Waals surface area (Å²) in [5, 5.41) is 0. The molecule has 0 radical (unpaired) electrons. The van der Waals surface area contributed by atoms with Crippen LogP contribution in [0.15, 0.2) is 0 Å². The maximum absolute atomic E-state index is 5.88. The van der Waals surface area contributed by atoms with Crippen LogP contribution in [-0.4, -0.2) is 13.2 Å². The van der Waals surface area contributed by atoms with Gasteiger partial charge in [-0.2, -0.15) is 0 Å². The molecular formula is C42H86O. The van der Waals surface area contributed by atoms with Crippen molar-refractivity contribution in [3.8, 4) is 0 Å². The van der Waals surface area contributed by atoms with E-state index in [1.54, 1.807) is 0 Å². The van der Waals surface area contributed by atoms with Crippen LogP contribution in [0.4, 0.5) is 0 Å². The Morgan fingerprint density at radius 1 is 0.186 bits per heavy atom. The van der Waals surface area contributed by atoms with Gasteiger partial charge in [0.15, 0.2) is 0 Å². The van der Waals surface area contributed by atoms with Crippen LogP contribution in [0.25, 0.3) is 0 Å². The number of hydrogen-bond acceptors (Lipinski definition) is 1. The summed E-state index contributed by atoms with van der Waals surface area (Å²) in [7, 11) is 0. The van der Waals surface area contributed by atoms with Crippen molar-refractivity contribution in [2.24, 2.45) is 0 Å². The zero-order valence-electron chi connectivity index (χ0n) is 30.7. The van der Waals surface area contributed by atoms with E-state index >= 15 is 0 Å². The highest BCUT2D eigenvalue weighted by Gasteiger charge is 1.98. The Morgan fingerprint density at radius 3 is 0.488 bits per heavy atom. The molecule has 0 spiro atoms. The summed E-state index contributed by atoms with van der Waals surface area (Å²) in [6.07, 6.45) is 55.0.